The summed E-state index contributed by atoms with van der Waals surface area (Å²) < 4.78 is 10.4. The van der Waals surface area contributed by atoms with Crippen LogP contribution in [0.5, 0.6) is 11.5 Å². The van der Waals surface area contributed by atoms with E-state index in [9.17, 15) is 4.79 Å². The second-order valence-electron chi connectivity index (χ2n) is 5.58. The molecule has 6 nitrogen and oxygen atoms in total. The Kier molecular flexibility index (Phi) is 5.01. The van der Waals surface area contributed by atoms with Gasteiger partial charge < -0.3 is 19.8 Å². The maximum atomic E-state index is 12.3. The number of hydrogen-bond acceptors (Lipinski definition) is 5. The van der Waals surface area contributed by atoms with Crippen molar-refractivity contribution in [1.29, 1.82) is 5.26 Å². The van der Waals surface area contributed by atoms with Gasteiger partial charge in [-0.3, -0.25) is 4.79 Å². The van der Waals surface area contributed by atoms with Crippen LogP contribution in [0.3, 0.4) is 0 Å². The van der Waals surface area contributed by atoms with Gasteiger partial charge in [0.1, 0.15) is 17.6 Å². The number of aromatic amines is 1. The molecule has 7 heteroatoms. The Hall–Kier alpha value is -3.17. The summed E-state index contributed by atoms with van der Waals surface area (Å²) in [7, 11) is 3.03. The maximum Gasteiger partial charge on any atom is 0.253 e. The number of fused-ring (bicyclic) bond motifs is 1. The Bertz CT molecular complexity index is 1070. The number of hydrogen-bond donors (Lipinski definition) is 2. The number of ether oxygens (including phenoxy) is 2. The van der Waals surface area contributed by atoms with Crippen LogP contribution in [0, 0.1) is 11.3 Å². The van der Waals surface area contributed by atoms with E-state index in [0.29, 0.717) is 39.7 Å². The van der Waals surface area contributed by atoms with E-state index < -0.39 is 0 Å². The molecule has 3 aromatic rings. The van der Waals surface area contributed by atoms with Crippen molar-refractivity contribution in [2.45, 2.75) is 6.54 Å². The summed E-state index contributed by atoms with van der Waals surface area (Å²) in [5, 5.41) is 13.5. The zero-order valence-electron chi connectivity index (χ0n) is 14.2. The fourth-order valence-electron chi connectivity index (χ4n) is 2.63. The van der Waals surface area contributed by atoms with Crippen LogP contribution in [0.2, 0.25) is 5.02 Å². The first-order valence-corrected chi connectivity index (χ1v) is 8.15. The Morgan fingerprint density at radius 2 is 1.92 bits per heavy atom. The number of halogens is 1. The molecule has 2 aromatic carbocycles. The summed E-state index contributed by atoms with van der Waals surface area (Å²) in [5.74, 6) is 0.981. The predicted molar refractivity (Wildman–Crippen MR) is 101 cm³/mol. The third-order valence-corrected chi connectivity index (χ3v) is 4.29. The third kappa shape index (κ3) is 3.44. The number of rotatable bonds is 5. The molecule has 0 amide bonds. The van der Waals surface area contributed by atoms with Crippen LogP contribution in [0.15, 0.2) is 41.2 Å². The van der Waals surface area contributed by atoms with Crippen LogP contribution in [-0.2, 0) is 6.54 Å². The van der Waals surface area contributed by atoms with Gasteiger partial charge >= 0.3 is 0 Å². The second-order valence-corrected chi connectivity index (χ2v) is 5.99. The van der Waals surface area contributed by atoms with E-state index >= 15 is 0 Å². The topological polar surface area (TPSA) is 87.1 Å². The molecule has 0 saturated heterocycles. The van der Waals surface area contributed by atoms with Gasteiger partial charge in [-0.1, -0.05) is 11.6 Å². The van der Waals surface area contributed by atoms with E-state index in [0.717, 1.165) is 11.1 Å². The minimum absolute atomic E-state index is 0.199. The molecule has 0 aliphatic rings. The summed E-state index contributed by atoms with van der Waals surface area (Å²) in [6.45, 7) is 0.310. The second kappa shape index (κ2) is 7.38. The lowest BCUT2D eigenvalue weighted by molar-refractivity contribution is 0.413. The first-order chi connectivity index (χ1) is 12.5. The van der Waals surface area contributed by atoms with E-state index in [1.54, 1.807) is 36.4 Å². The summed E-state index contributed by atoms with van der Waals surface area (Å²) in [5.41, 5.74) is 2.20. The molecule has 3 rings (SSSR count). The number of methoxy groups -OCH3 is 2. The minimum atomic E-state index is -0.199. The Morgan fingerprint density at radius 1 is 1.15 bits per heavy atom. The zero-order valence-corrected chi connectivity index (χ0v) is 15.0. The van der Waals surface area contributed by atoms with E-state index in [-0.39, 0.29) is 5.56 Å². The highest BCUT2D eigenvalue weighted by molar-refractivity contribution is 6.32. The van der Waals surface area contributed by atoms with E-state index in [2.05, 4.69) is 16.4 Å². The largest absolute Gasteiger partial charge is 0.495 e. The average Bonchev–Trinajstić information content (AvgIpc) is 2.66. The molecule has 0 aliphatic carbocycles. The smallest absolute Gasteiger partial charge is 0.253 e. The van der Waals surface area contributed by atoms with Crippen LogP contribution in [0.25, 0.3) is 10.9 Å². The summed E-state index contributed by atoms with van der Waals surface area (Å²) >= 11 is 6.16. The molecule has 0 bridgehead atoms. The first-order valence-electron chi connectivity index (χ1n) is 7.77. The quantitative estimate of drug-likeness (QED) is 0.716. The minimum Gasteiger partial charge on any atom is -0.495 e. The van der Waals surface area contributed by atoms with Crippen molar-refractivity contribution in [1.82, 2.24) is 4.98 Å². The number of pyridine rings is 1. The molecule has 0 radical (unpaired) electrons. The summed E-state index contributed by atoms with van der Waals surface area (Å²) in [6, 6.07) is 12.4. The molecule has 0 fully saturated rings. The lowest BCUT2D eigenvalue weighted by Crippen LogP contribution is -2.15. The number of nitrogens with zero attached hydrogens (tertiary/aromatic N) is 1. The van der Waals surface area contributed by atoms with Gasteiger partial charge in [-0.25, -0.2) is 0 Å². The van der Waals surface area contributed by atoms with Gasteiger partial charge in [0.25, 0.3) is 5.56 Å². The van der Waals surface area contributed by atoms with Crippen LogP contribution < -0.4 is 20.3 Å². The van der Waals surface area contributed by atoms with E-state index in [1.165, 1.54) is 14.2 Å². The van der Waals surface area contributed by atoms with Crippen molar-refractivity contribution < 1.29 is 9.47 Å². The standard InChI is InChI=1S/C19H16ClN3O3/c1-25-17-7-14(4-3-11(17)9-21)22-10-13-5-12-6-15(20)18(26-2)8-16(12)23-19(13)24/h3-8,22H,10H2,1-2H3,(H,23,24). The van der Waals surface area contributed by atoms with Crippen molar-refractivity contribution in [2.24, 2.45) is 0 Å². The lowest BCUT2D eigenvalue weighted by atomic mass is 10.1. The first kappa shape index (κ1) is 17.6. The van der Waals surface area contributed by atoms with Gasteiger partial charge in [0.05, 0.1) is 30.3 Å². The van der Waals surface area contributed by atoms with Crippen LogP contribution in [-0.4, -0.2) is 19.2 Å². The fraction of sp³-hybridized carbons (Fsp3) is 0.158. The average molecular weight is 370 g/mol. The summed E-state index contributed by atoms with van der Waals surface area (Å²) in [6.07, 6.45) is 0. The molecule has 0 unspecified atom stereocenters. The van der Waals surface area contributed by atoms with Gasteiger partial charge in [0, 0.05) is 35.3 Å². The molecular formula is C19H16ClN3O3. The Balaban J connectivity index is 1.88. The highest BCUT2D eigenvalue weighted by Crippen LogP contribution is 2.29. The fourth-order valence-corrected chi connectivity index (χ4v) is 2.88. The molecule has 0 spiro atoms. The highest BCUT2D eigenvalue weighted by atomic mass is 35.5. The number of nitriles is 1. The van der Waals surface area contributed by atoms with Gasteiger partial charge in [-0.05, 0) is 24.3 Å². The third-order valence-electron chi connectivity index (χ3n) is 4.00. The van der Waals surface area contributed by atoms with Gasteiger partial charge in [0.2, 0.25) is 0 Å². The normalized spacial score (nSPS) is 10.4. The predicted octanol–water partition coefficient (Wildman–Crippen LogP) is 3.68. The van der Waals surface area contributed by atoms with Crippen molar-refractivity contribution >= 4 is 28.2 Å². The molecule has 0 saturated carbocycles. The van der Waals surface area contributed by atoms with Crippen LogP contribution >= 0.6 is 11.6 Å². The Morgan fingerprint density at radius 3 is 2.62 bits per heavy atom. The molecule has 2 N–H and O–H groups in total. The van der Waals surface area contributed by atoms with Gasteiger partial charge in [-0.2, -0.15) is 5.26 Å². The number of nitrogens with one attached hydrogen (secondary N) is 2. The van der Waals surface area contributed by atoms with Gasteiger partial charge in [-0.15, -0.1) is 0 Å². The molecule has 0 atom stereocenters. The number of H-pyrrole nitrogens is 1. The monoisotopic (exact) mass is 369 g/mol. The number of aromatic nitrogens is 1. The molecule has 0 aliphatic heterocycles. The molecule has 132 valence electrons. The number of anilines is 1. The SMILES string of the molecule is COc1cc2[nH]c(=O)c(CNc3ccc(C#N)c(OC)c3)cc2cc1Cl. The maximum absolute atomic E-state index is 12.3. The lowest BCUT2D eigenvalue weighted by Gasteiger charge is -2.10. The van der Waals surface area contributed by atoms with E-state index in [1.807, 2.05) is 0 Å². The van der Waals surface area contributed by atoms with Crippen LogP contribution in [0.1, 0.15) is 11.1 Å². The molecular weight excluding hydrogens is 354 g/mol. The van der Waals surface area contributed by atoms with Gasteiger partial charge in [0.15, 0.2) is 0 Å². The number of benzene rings is 2. The Labute approximate surface area is 154 Å². The van der Waals surface area contributed by atoms with Crippen molar-refractivity contribution in [3.05, 3.63) is 62.9 Å². The van der Waals surface area contributed by atoms with Crippen molar-refractivity contribution in [3.8, 4) is 17.6 Å². The summed E-state index contributed by atoms with van der Waals surface area (Å²) in [4.78, 5) is 15.2. The molecule has 1 aromatic heterocycles. The zero-order chi connectivity index (χ0) is 18.7. The van der Waals surface area contributed by atoms with Crippen LogP contribution in [0.4, 0.5) is 5.69 Å². The highest BCUT2D eigenvalue weighted by Gasteiger charge is 2.09. The molecule has 1 heterocycles. The van der Waals surface area contributed by atoms with Crippen molar-refractivity contribution in [2.75, 3.05) is 19.5 Å². The van der Waals surface area contributed by atoms with Crippen molar-refractivity contribution in [3.63, 3.8) is 0 Å². The molecule has 26 heavy (non-hydrogen) atoms. The van der Waals surface area contributed by atoms with E-state index in [4.69, 9.17) is 26.3 Å².